The van der Waals surface area contributed by atoms with Crippen molar-refractivity contribution in [1.29, 1.82) is 0 Å². The highest BCUT2D eigenvalue weighted by molar-refractivity contribution is 7.71. The van der Waals surface area contributed by atoms with Crippen LogP contribution in [0.15, 0.2) is 0 Å². The van der Waals surface area contributed by atoms with Crippen LogP contribution >= 0.6 is 12.2 Å². The fourth-order valence-corrected chi connectivity index (χ4v) is 1.90. The average molecular weight is 335 g/mol. The van der Waals surface area contributed by atoms with E-state index in [4.69, 9.17) is 10.2 Å². The van der Waals surface area contributed by atoms with E-state index < -0.39 is 51.3 Å². The van der Waals surface area contributed by atoms with Gasteiger partial charge in [-0.2, -0.15) is 26.3 Å². The number of hydrogen-bond acceptors (Lipinski definition) is 3. The zero-order valence-corrected chi connectivity index (χ0v) is 10.2. The minimum absolute atomic E-state index is 1.13. The number of pyridine rings is 1. The van der Waals surface area contributed by atoms with Crippen molar-refractivity contribution in [2.75, 3.05) is 0 Å². The second-order valence-electron chi connectivity index (χ2n) is 3.56. The van der Waals surface area contributed by atoms with Gasteiger partial charge in [-0.15, -0.1) is 0 Å². The van der Waals surface area contributed by atoms with Gasteiger partial charge in [-0.05, 0) is 0 Å². The lowest BCUT2D eigenvalue weighted by atomic mass is 10.1. The third-order valence-corrected chi connectivity index (χ3v) is 2.61. The number of H-pyrrole nitrogens is 1. The Bertz CT molecular complexity index is 621. The van der Waals surface area contributed by atoms with Gasteiger partial charge in [0.25, 0.3) is 0 Å². The van der Waals surface area contributed by atoms with E-state index in [0.717, 1.165) is 4.98 Å². The topological polar surface area (TPSA) is 90.4 Å². The van der Waals surface area contributed by atoms with Gasteiger partial charge in [0, 0.05) is 0 Å². The molecule has 0 saturated heterocycles. The zero-order chi connectivity index (χ0) is 16.7. The van der Waals surface area contributed by atoms with Crippen molar-refractivity contribution in [3.63, 3.8) is 0 Å². The van der Waals surface area contributed by atoms with Gasteiger partial charge in [0.2, 0.25) is 0 Å². The summed E-state index contributed by atoms with van der Waals surface area (Å²) in [4.78, 5) is 22.5. The van der Waals surface area contributed by atoms with Gasteiger partial charge >= 0.3 is 24.3 Å². The summed E-state index contributed by atoms with van der Waals surface area (Å²) < 4.78 is 74.3. The number of carboxylic acids is 2. The fraction of sp³-hybridized carbons (Fsp3) is 0.222. The maximum absolute atomic E-state index is 12.7. The molecule has 21 heavy (non-hydrogen) atoms. The molecule has 0 radical (unpaired) electrons. The first-order valence-electron chi connectivity index (χ1n) is 4.69. The highest BCUT2D eigenvalue weighted by atomic mass is 32.1. The standard InChI is InChI=1S/C9H3F6NO4S/c10-8(11,12)1-3(6(17)18)16-4(7(19)20)2(5(1)21)9(13,14)15/h(H,16,21)(H,17,18)(H,19,20). The fourth-order valence-electron chi connectivity index (χ4n) is 1.46. The van der Waals surface area contributed by atoms with Crippen molar-refractivity contribution in [2.45, 2.75) is 12.4 Å². The minimum atomic E-state index is -5.52. The molecule has 0 atom stereocenters. The highest BCUT2D eigenvalue weighted by Gasteiger charge is 2.45. The van der Waals surface area contributed by atoms with E-state index in [1.165, 1.54) is 0 Å². The Balaban J connectivity index is 4.05. The summed E-state index contributed by atoms with van der Waals surface area (Å²) in [5.74, 6) is -4.60. The summed E-state index contributed by atoms with van der Waals surface area (Å²) in [6.07, 6.45) is -11.0. The molecule has 0 aliphatic heterocycles. The largest absolute Gasteiger partial charge is 0.477 e. The van der Waals surface area contributed by atoms with E-state index in [-0.39, 0.29) is 0 Å². The Kier molecular flexibility index (Phi) is 4.05. The van der Waals surface area contributed by atoms with Crippen LogP contribution in [0.1, 0.15) is 32.1 Å². The molecule has 116 valence electrons. The first-order valence-corrected chi connectivity index (χ1v) is 5.10. The maximum Gasteiger partial charge on any atom is 0.420 e. The van der Waals surface area contributed by atoms with Crippen molar-refractivity contribution < 1.29 is 46.1 Å². The normalized spacial score (nSPS) is 12.3. The first-order chi connectivity index (χ1) is 9.28. The van der Waals surface area contributed by atoms with Gasteiger partial charge in [-0.1, -0.05) is 12.2 Å². The van der Waals surface area contributed by atoms with Gasteiger partial charge in [-0.25, -0.2) is 9.59 Å². The molecule has 3 N–H and O–H groups in total. The molecule has 0 spiro atoms. The molecule has 0 aromatic carbocycles. The predicted octanol–water partition coefficient (Wildman–Crippen LogP) is 3.18. The zero-order valence-electron chi connectivity index (χ0n) is 9.39. The Morgan fingerprint density at radius 2 is 1.14 bits per heavy atom. The van der Waals surface area contributed by atoms with E-state index >= 15 is 0 Å². The van der Waals surface area contributed by atoms with E-state index in [1.54, 1.807) is 0 Å². The molecule has 1 heterocycles. The van der Waals surface area contributed by atoms with Crippen LogP contribution in [0.3, 0.4) is 0 Å². The molecule has 12 heteroatoms. The number of carboxylic acid groups (broad SMARTS) is 2. The number of halogens is 6. The SMILES string of the molecule is O=C(O)c1[nH]c(C(=O)O)c(C(F)(F)F)c(=S)c1C(F)(F)F. The van der Waals surface area contributed by atoms with Crippen LogP contribution in [0.2, 0.25) is 0 Å². The molecule has 0 saturated carbocycles. The lowest BCUT2D eigenvalue weighted by molar-refractivity contribution is -0.145. The predicted molar refractivity (Wildman–Crippen MR) is 55.5 cm³/mol. The van der Waals surface area contributed by atoms with Gasteiger partial charge < -0.3 is 15.2 Å². The molecular weight excluding hydrogens is 332 g/mol. The molecular formula is C9H3F6NO4S. The monoisotopic (exact) mass is 335 g/mol. The summed E-state index contributed by atoms with van der Waals surface area (Å²) >= 11 is 4.02. The summed E-state index contributed by atoms with van der Waals surface area (Å²) in [6, 6.07) is 0. The molecule has 1 aromatic heterocycles. The number of nitrogens with one attached hydrogen (secondary N) is 1. The van der Waals surface area contributed by atoms with Crippen LogP contribution in [0.25, 0.3) is 0 Å². The maximum atomic E-state index is 12.7. The molecule has 5 nitrogen and oxygen atoms in total. The van der Waals surface area contributed by atoms with E-state index in [0.29, 0.717) is 0 Å². The van der Waals surface area contributed by atoms with Crippen LogP contribution in [0.5, 0.6) is 0 Å². The lowest BCUT2D eigenvalue weighted by Gasteiger charge is -2.17. The smallest absolute Gasteiger partial charge is 0.420 e. The Labute approximate surface area is 115 Å². The number of alkyl halides is 6. The van der Waals surface area contributed by atoms with Crippen molar-refractivity contribution >= 4 is 24.2 Å². The summed E-state index contributed by atoms with van der Waals surface area (Å²) in [5, 5.41) is 17.2. The number of rotatable bonds is 2. The quantitative estimate of drug-likeness (QED) is 0.570. The van der Waals surface area contributed by atoms with Crippen molar-refractivity contribution in [3.05, 3.63) is 27.0 Å². The molecule has 0 amide bonds. The van der Waals surface area contributed by atoms with E-state index in [2.05, 4.69) is 12.2 Å². The Morgan fingerprint density at radius 3 is 1.33 bits per heavy atom. The molecule has 0 unspecified atom stereocenters. The number of carbonyl (C=O) groups is 2. The first kappa shape index (κ1) is 16.9. The summed E-state index contributed by atoms with van der Waals surface area (Å²) in [6.45, 7) is 0. The average Bonchev–Trinajstić information content (AvgIpc) is 2.23. The van der Waals surface area contributed by atoms with Gasteiger partial charge in [0.05, 0.1) is 4.51 Å². The molecule has 0 fully saturated rings. The Hall–Kier alpha value is -2.11. The second-order valence-corrected chi connectivity index (χ2v) is 3.97. The van der Waals surface area contributed by atoms with Crippen LogP contribution < -0.4 is 0 Å². The number of aromatic nitrogens is 1. The van der Waals surface area contributed by atoms with Crippen molar-refractivity contribution in [2.24, 2.45) is 0 Å². The van der Waals surface area contributed by atoms with E-state index in [1.807, 2.05) is 0 Å². The number of aromatic carboxylic acids is 2. The van der Waals surface area contributed by atoms with Crippen LogP contribution in [0, 0.1) is 4.51 Å². The van der Waals surface area contributed by atoms with Crippen LogP contribution in [-0.4, -0.2) is 27.1 Å². The van der Waals surface area contributed by atoms with Gasteiger partial charge in [0.15, 0.2) is 0 Å². The number of aromatic amines is 1. The third kappa shape index (κ3) is 3.15. The van der Waals surface area contributed by atoms with Crippen LogP contribution in [-0.2, 0) is 12.4 Å². The molecule has 0 aliphatic carbocycles. The Morgan fingerprint density at radius 1 is 0.857 bits per heavy atom. The molecule has 0 bridgehead atoms. The van der Waals surface area contributed by atoms with Gasteiger partial charge in [-0.3, -0.25) is 0 Å². The summed E-state index contributed by atoms with van der Waals surface area (Å²) in [7, 11) is 0. The summed E-state index contributed by atoms with van der Waals surface area (Å²) in [5.41, 5.74) is -8.08. The molecule has 1 aromatic rings. The molecule has 0 aliphatic rings. The van der Waals surface area contributed by atoms with Crippen molar-refractivity contribution in [3.8, 4) is 0 Å². The lowest BCUT2D eigenvalue weighted by Crippen LogP contribution is -2.24. The van der Waals surface area contributed by atoms with E-state index in [9.17, 15) is 35.9 Å². The molecule has 1 rings (SSSR count). The van der Waals surface area contributed by atoms with Crippen LogP contribution in [0.4, 0.5) is 26.3 Å². The second kappa shape index (κ2) is 5.02. The van der Waals surface area contributed by atoms with Gasteiger partial charge in [0.1, 0.15) is 22.5 Å². The highest BCUT2D eigenvalue weighted by Crippen LogP contribution is 2.39. The van der Waals surface area contributed by atoms with Crippen molar-refractivity contribution in [1.82, 2.24) is 4.98 Å². The minimum Gasteiger partial charge on any atom is -0.477 e. The number of hydrogen-bond donors (Lipinski definition) is 3. The third-order valence-electron chi connectivity index (χ3n) is 2.20.